The number of ether oxygens (including phenoxy) is 1. The number of aryl methyl sites for hydroxylation is 1. The van der Waals surface area contributed by atoms with E-state index < -0.39 is 0 Å². The molecule has 1 atom stereocenters. The second-order valence-electron chi connectivity index (χ2n) is 7.39. The third-order valence-electron chi connectivity index (χ3n) is 5.17. The summed E-state index contributed by atoms with van der Waals surface area (Å²) in [7, 11) is 1.63. The van der Waals surface area contributed by atoms with Gasteiger partial charge in [0.15, 0.2) is 5.13 Å². The van der Waals surface area contributed by atoms with E-state index in [0.717, 1.165) is 28.1 Å². The molecule has 0 aliphatic carbocycles. The summed E-state index contributed by atoms with van der Waals surface area (Å²) in [6.45, 7) is 2.96. The smallest absolute Gasteiger partial charge is 0.231 e. The first-order valence-corrected chi connectivity index (χ1v) is 10.6. The van der Waals surface area contributed by atoms with Crippen molar-refractivity contribution < 1.29 is 14.3 Å². The van der Waals surface area contributed by atoms with E-state index in [0.29, 0.717) is 18.2 Å². The predicted octanol–water partition coefficient (Wildman–Crippen LogP) is 4.11. The average molecular weight is 422 g/mol. The molecule has 1 fully saturated rings. The normalized spacial score (nSPS) is 16.0. The molecule has 6 nitrogen and oxygen atoms in total. The third kappa shape index (κ3) is 4.36. The summed E-state index contributed by atoms with van der Waals surface area (Å²) < 4.78 is 5.43. The number of likely N-dealkylation sites (tertiary alicyclic amines) is 1. The fourth-order valence-corrected chi connectivity index (χ4v) is 4.30. The molecule has 4 rings (SSSR count). The summed E-state index contributed by atoms with van der Waals surface area (Å²) in [6.07, 6.45) is 0.225. The summed E-state index contributed by atoms with van der Waals surface area (Å²) >= 11 is 1.36. The van der Waals surface area contributed by atoms with Crippen molar-refractivity contribution in [3.05, 3.63) is 65.0 Å². The molecule has 2 aromatic carbocycles. The molecule has 1 aliphatic heterocycles. The van der Waals surface area contributed by atoms with Gasteiger partial charge in [-0.15, -0.1) is 11.3 Å². The number of hydrogen-bond acceptors (Lipinski definition) is 5. The van der Waals surface area contributed by atoms with Gasteiger partial charge < -0.3 is 15.0 Å². The predicted molar refractivity (Wildman–Crippen MR) is 117 cm³/mol. The molecule has 1 aliphatic rings. The van der Waals surface area contributed by atoms with E-state index in [1.165, 1.54) is 11.3 Å². The Balaban J connectivity index is 1.42. The van der Waals surface area contributed by atoms with Gasteiger partial charge in [0.05, 0.1) is 18.7 Å². The van der Waals surface area contributed by atoms with E-state index in [1.807, 2.05) is 60.8 Å². The zero-order chi connectivity index (χ0) is 21.1. The van der Waals surface area contributed by atoms with Crippen molar-refractivity contribution in [3.63, 3.8) is 0 Å². The maximum absolute atomic E-state index is 12.7. The number of methoxy groups -OCH3 is 1. The van der Waals surface area contributed by atoms with E-state index in [-0.39, 0.29) is 24.2 Å². The molecule has 0 spiro atoms. The van der Waals surface area contributed by atoms with Crippen LogP contribution in [0.5, 0.6) is 5.75 Å². The van der Waals surface area contributed by atoms with Gasteiger partial charge in [-0.2, -0.15) is 0 Å². The number of carbonyl (C=O) groups excluding carboxylic acids is 2. The molecule has 0 bridgehead atoms. The molecule has 154 valence electrons. The molecule has 0 radical (unpaired) electrons. The Bertz CT molecular complexity index is 1060. The topological polar surface area (TPSA) is 71.5 Å². The van der Waals surface area contributed by atoms with Crippen molar-refractivity contribution in [1.29, 1.82) is 0 Å². The van der Waals surface area contributed by atoms with Gasteiger partial charge in [0, 0.05) is 30.5 Å². The Morgan fingerprint density at radius 3 is 2.83 bits per heavy atom. The second-order valence-corrected chi connectivity index (χ2v) is 8.25. The van der Waals surface area contributed by atoms with Gasteiger partial charge >= 0.3 is 0 Å². The number of anilines is 1. The minimum atomic E-state index is -0.373. The monoisotopic (exact) mass is 421 g/mol. The molecule has 1 unspecified atom stereocenters. The first-order chi connectivity index (χ1) is 14.5. The number of hydrogen-bond donors (Lipinski definition) is 1. The molecule has 7 heteroatoms. The van der Waals surface area contributed by atoms with E-state index in [9.17, 15) is 9.59 Å². The quantitative estimate of drug-likeness (QED) is 0.650. The van der Waals surface area contributed by atoms with Crippen molar-refractivity contribution in [3.8, 4) is 17.0 Å². The average Bonchev–Trinajstić information content (AvgIpc) is 3.36. The van der Waals surface area contributed by atoms with Crippen LogP contribution in [0.15, 0.2) is 53.9 Å². The zero-order valence-electron chi connectivity index (χ0n) is 16.9. The highest BCUT2D eigenvalue weighted by Crippen LogP contribution is 2.33. The van der Waals surface area contributed by atoms with Crippen LogP contribution in [-0.2, 0) is 16.1 Å². The fraction of sp³-hybridized carbons (Fsp3) is 0.261. The minimum Gasteiger partial charge on any atom is -0.496 e. The Morgan fingerprint density at radius 2 is 2.07 bits per heavy atom. The van der Waals surface area contributed by atoms with Crippen LogP contribution in [0.3, 0.4) is 0 Å². The van der Waals surface area contributed by atoms with Gasteiger partial charge in [-0.25, -0.2) is 4.98 Å². The molecule has 1 aromatic heterocycles. The molecule has 2 heterocycles. The van der Waals surface area contributed by atoms with Crippen LogP contribution in [0.4, 0.5) is 5.13 Å². The van der Waals surface area contributed by atoms with Crippen molar-refractivity contribution in [2.24, 2.45) is 5.92 Å². The van der Waals surface area contributed by atoms with Crippen molar-refractivity contribution in [2.75, 3.05) is 19.0 Å². The number of thiazole rings is 1. The Labute approximate surface area is 179 Å². The summed E-state index contributed by atoms with van der Waals surface area (Å²) in [5.74, 6) is 0.197. The number of amides is 2. The van der Waals surface area contributed by atoms with E-state index >= 15 is 0 Å². The molecule has 3 aromatic rings. The van der Waals surface area contributed by atoms with E-state index in [4.69, 9.17) is 4.74 Å². The zero-order valence-corrected chi connectivity index (χ0v) is 17.7. The standard InChI is InChI=1S/C23H23N3O3S/c1-15-8-9-20(29-2)18(10-15)19-14-30-23(24-19)25-22(28)17-11-21(27)26(13-17)12-16-6-4-3-5-7-16/h3-10,14,17H,11-13H2,1-2H3,(H,24,25,28). The van der Waals surface area contributed by atoms with Gasteiger partial charge in [-0.1, -0.05) is 42.0 Å². The van der Waals surface area contributed by atoms with Crippen molar-refractivity contribution in [2.45, 2.75) is 19.9 Å². The lowest BCUT2D eigenvalue weighted by Crippen LogP contribution is -2.28. The second kappa shape index (κ2) is 8.67. The van der Waals surface area contributed by atoms with Gasteiger partial charge in [0.25, 0.3) is 0 Å². The van der Waals surface area contributed by atoms with Crippen LogP contribution in [0.1, 0.15) is 17.5 Å². The highest BCUT2D eigenvalue weighted by atomic mass is 32.1. The first-order valence-electron chi connectivity index (χ1n) is 9.76. The minimum absolute atomic E-state index is 0.00308. The lowest BCUT2D eigenvalue weighted by atomic mass is 10.1. The maximum atomic E-state index is 12.7. The lowest BCUT2D eigenvalue weighted by molar-refractivity contribution is -0.128. The van der Waals surface area contributed by atoms with E-state index in [2.05, 4.69) is 10.3 Å². The van der Waals surface area contributed by atoms with Crippen LogP contribution >= 0.6 is 11.3 Å². The Morgan fingerprint density at radius 1 is 1.27 bits per heavy atom. The molecule has 1 saturated heterocycles. The van der Waals surface area contributed by atoms with Gasteiger partial charge in [0.2, 0.25) is 11.8 Å². The highest BCUT2D eigenvalue weighted by Gasteiger charge is 2.34. The Hall–Kier alpha value is -3.19. The van der Waals surface area contributed by atoms with Crippen LogP contribution in [0.2, 0.25) is 0 Å². The molecule has 0 saturated carbocycles. The summed E-state index contributed by atoms with van der Waals surface area (Å²) in [5, 5.41) is 5.30. The molecular formula is C23H23N3O3S. The summed E-state index contributed by atoms with van der Waals surface area (Å²) in [5.41, 5.74) is 3.80. The largest absolute Gasteiger partial charge is 0.496 e. The first kappa shape index (κ1) is 20.1. The number of nitrogens with zero attached hydrogens (tertiary/aromatic N) is 2. The molecule has 2 amide bonds. The SMILES string of the molecule is COc1ccc(C)cc1-c1csc(NC(=O)C2CC(=O)N(Cc3ccccc3)C2)n1. The molecule has 1 N–H and O–H groups in total. The fourth-order valence-electron chi connectivity index (χ4n) is 3.59. The van der Waals surface area contributed by atoms with Gasteiger partial charge in [-0.05, 0) is 24.6 Å². The summed E-state index contributed by atoms with van der Waals surface area (Å²) in [4.78, 5) is 31.4. The lowest BCUT2D eigenvalue weighted by Gasteiger charge is -2.16. The highest BCUT2D eigenvalue weighted by molar-refractivity contribution is 7.14. The number of nitrogens with one attached hydrogen (secondary N) is 1. The number of benzene rings is 2. The third-order valence-corrected chi connectivity index (χ3v) is 5.92. The maximum Gasteiger partial charge on any atom is 0.231 e. The van der Waals surface area contributed by atoms with Gasteiger partial charge in [-0.3, -0.25) is 9.59 Å². The Kier molecular flexibility index (Phi) is 5.81. The van der Waals surface area contributed by atoms with Gasteiger partial charge in [0.1, 0.15) is 5.75 Å². The van der Waals surface area contributed by atoms with Crippen molar-refractivity contribution >= 4 is 28.3 Å². The van der Waals surface area contributed by atoms with Crippen LogP contribution in [-0.4, -0.2) is 35.4 Å². The van der Waals surface area contributed by atoms with Crippen LogP contribution < -0.4 is 10.1 Å². The van der Waals surface area contributed by atoms with Crippen LogP contribution in [0, 0.1) is 12.8 Å². The van der Waals surface area contributed by atoms with Crippen LogP contribution in [0.25, 0.3) is 11.3 Å². The number of carbonyl (C=O) groups is 2. The number of aromatic nitrogens is 1. The van der Waals surface area contributed by atoms with E-state index in [1.54, 1.807) is 12.0 Å². The summed E-state index contributed by atoms with van der Waals surface area (Å²) in [6, 6.07) is 15.7. The number of rotatable bonds is 6. The molecule has 30 heavy (non-hydrogen) atoms. The van der Waals surface area contributed by atoms with Crippen molar-refractivity contribution in [1.82, 2.24) is 9.88 Å². The molecular weight excluding hydrogens is 398 g/mol.